The molecule has 0 bridgehead atoms. The van der Waals surface area contributed by atoms with Crippen LogP contribution in [0.2, 0.25) is 0 Å². The fraction of sp³-hybridized carbons (Fsp3) is 0.130. The van der Waals surface area contributed by atoms with Gasteiger partial charge < -0.3 is 25.7 Å². The van der Waals surface area contributed by atoms with Crippen LogP contribution in [0.3, 0.4) is 0 Å². The highest BCUT2D eigenvalue weighted by molar-refractivity contribution is 5.99. The smallest absolute Gasteiger partial charge is 0.354 e. The van der Waals surface area contributed by atoms with Gasteiger partial charge in [0.2, 0.25) is 0 Å². The standard InChI is InChI=1S/C23H22N6O3/c1-14-5-6-17(27-23(31)28-18-4-3-7-24-12-18)9-16(14)11-25-19-8-15-10-20(22(30)32-2)29-21(15)26-13-19/h3-10,12-13,25H,11H2,1-2H3,(H,26,29)(H2,27,28,31). The molecule has 0 unspecified atom stereocenters. The molecule has 0 aliphatic rings. The number of amides is 2. The molecular formula is C23H22N6O3. The first-order valence-corrected chi connectivity index (χ1v) is 9.90. The third-order valence-electron chi connectivity index (χ3n) is 4.88. The van der Waals surface area contributed by atoms with E-state index in [2.05, 4.69) is 30.9 Å². The molecule has 0 aliphatic carbocycles. The molecule has 9 nitrogen and oxygen atoms in total. The van der Waals surface area contributed by atoms with E-state index in [0.717, 1.165) is 22.2 Å². The molecule has 4 N–H and O–H groups in total. The molecule has 3 heterocycles. The van der Waals surface area contributed by atoms with Gasteiger partial charge in [0.15, 0.2) is 0 Å². The number of H-pyrrole nitrogens is 1. The first-order chi connectivity index (χ1) is 15.5. The quantitative estimate of drug-likeness (QED) is 0.338. The number of rotatable bonds is 6. The van der Waals surface area contributed by atoms with E-state index in [1.54, 1.807) is 36.8 Å². The molecule has 32 heavy (non-hydrogen) atoms. The molecule has 3 aromatic heterocycles. The van der Waals surface area contributed by atoms with Crippen molar-refractivity contribution in [3.05, 3.63) is 77.9 Å². The van der Waals surface area contributed by atoms with Crippen LogP contribution in [-0.4, -0.2) is 34.1 Å². The molecule has 9 heteroatoms. The van der Waals surface area contributed by atoms with Crippen LogP contribution in [0.5, 0.6) is 0 Å². The topological polar surface area (TPSA) is 121 Å². The van der Waals surface area contributed by atoms with E-state index in [0.29, 0.717) is 29.3 Å². The van der Waals surface area contributed by atoms with Gasteiger partial charge in [-0.25, -0.2) is 14.6 Å². The van der Waals surface area contributed by atoms with Gasteiger partial charge >= 0.3 is 12.0 Å². The van der Waals surface area contributed by atoms with Crippen molar-refractivity contribution in [3.63, 3.8) is 0 Å². The van der Waals surface area contributed by atoms with Gasteiger partial charge in [-0.15, -0.1) is 0 Å². The lowest BCUT2D eigenvalue weighted by molar-refractivity contribution is 0.0595. The predicted molar refractivity (Wildman–Crippen MR) is 123 cm³/mol. The lowest BCUT2D eigenvalue weighted by atomic mass is 10.1. The van der Waals surface area contributed by atoms with Crippen molar-refractivity contribution in [1.82, 2.24) is 15.0 Å². The van der Waals surface area contributed by atoms with Crippen molar-refractivity contribution in [3.8, 4) is 0 Å². The number of fused-ring (bicyclic) bond motifs is 1. The Morgan fingerprint density at radius 1 is 1.03 bits per heavy atom. The summed E-state index contributed by atoms with van der Waals surface area (Å²) in [4.78, 5) is 35.2. The average molecular weight is 430 g/mol. The van der Waals surface area contributed by atoms with Crippen LogP contribution in [0.1, 0.15) is 21.6 Å². The fourth-order valence-electron chi connectivity index (χ4n) is 3.20. The number of hydrogen-bond donors (Lipinski definition) is 4. The molecule has 0 radical (unpaired) electrons. The number of aromatic amines is 1. The lowest BCUT2D eigenvalue weighted by Gasteiger charge is -2.12. The highest BCUT2D eigenvalue weighted by Gasteiger charge is 2.11. The molecule has 0 atom stereocenters. The Kier molecular flexibility index (Phi) is 5.98. The normalized spacial score (nSPS) is 10.6. The van der Waals surface area contributed by atoms with Gasteiger partial charge in [0.05, 0.1) is 30.9 Å². The zero-order valence-electron chi connectivity index (χ0n) is 17.6. The third-order valence-corrected chi connectivity index (χ3v) is 4.88. The lowest BCUT2D eigenvalue weighted by Crippen LogP contribution is -2.19. The number of nitrogens with zero attached hydrogens (tertiary/aromatic N) is 2. The minimum Gasteiger partial charge on any atom is -0.464 e. The minimum absolute atomic E-state index is 0.343. The van der Waals surface area contributed by atoms with Gasteiger partial charge in [0.25, 0.3) is 0 Å². The maximum absolute atomic E-state index is 12.2. The molecule has 2 amide bonds. The van der Waals surface area contributed by atoms with E-state index in [-0.39, 0.29) is 6.03 Å². The molecule has 0 saturated heterocycles. The number of carbonyl (C=O) groups excluding carboxylic acids is 2. The second kappa shape index (κ2) is 9.17. The Bertz CT molecular complexity index is 1270. The first-order valence-electron chi connectivity index (χ1n) is 9.90. The van der Waals surface area contributed by atoms with E-state index in [9.17, 15) is 9.59 Å². The number of aryl methyl sites for hydroxylation is 1. The number of nitrogens with one attached hydrogen (secondary N) is 4. The number of carbonyl (C=O) groups is 2. The summed E-state index contributed by atoms with van der Waals surface area (Å²) in [6.45, 7) is 2.54. The predicted octanol–water partition coefficient (Wildman–Crippen LogP) is 4.31. The number of methoxy groups -OCH3 is 1. The van der Waals surface area contributed by atoms with E-state index < -0.39 is 5.97 Å². The molecule has 4 rings (SSSR count). The van der Waals surface area contributed by atoms with Crippen molar-refractivity contribution >= 4 is 40.1 Å². The fourth-order valence-corrected chi connectivity index (χ4v) is 3.20. The van der Waals surface area contributed by atoms with Gasteiger partial charge in [-0.1, -0.05) is 6.07 Å². The first kappa shape index (κ1) is 20.9. The summed E-state index contributed by atoms with van der Waals surface area (Å²) in [6.07, 6.45) is 4.91. The van der Waals surface area contributed by atoms with Crippen LogP contribution in [0, 0.1) is 6.92 Å². The number of ether oxygens (including phenoxy) is 1. The van der Waals surface area contributed by atoms with Crippen molar-refractivity contribution in [2.75, 3.05) is 23.1 Å². The van der Waals surface area contributed by atoms with Gasteiger partial charge in [-0.2, -0.15) is 0 Å². The van der Waals surface area contributed by atoms with Gasteiger partial charge in [0, 0.05) is 23.8 Å². The van der Waals surface area contributed by atoms with E-state index in [1.165, 1.54) is 7.11 Å². The zero-order valence-corrected chi connectivity index (χ0v) is 17.6. The van der Waals surface area contributed by atoms with Gasteiger partial charge in [-0.3, -0.25) is 4.98 Å². The molecule has 162 valence electrons. The molecule has 0 fully saturated rings. The number of esters is 1. The van der Waals surface area contributed by atoms with Gasteiger partial charge in [0.1, 0.15) is 11.3 Å². The number of pyridine rings is 2. The van der Waals surface area contributed by atoms with Crippen molar-refractivity contribution < 1.29 is 14.3 Å². The van der Waals surface area contributed by atoms with Crippen molar-refractivity contribution in [2.45, 2.75) is 13.5 Å². The van der Waals surface area contributed by atoms with Crippen LogP contribution in [0.15, 0.2) is 61.1 Å². The second-order valence-electron chi connectivity index (χ2n) is 7.15. The Balaban J connectivity index is 1.43. The number of urea groups is 1. The van der Waals surface area contributed by atoms with E-state index >= 15 is 0 Å². The number of aromatic nitrogens is 3. The summed E-state index contributed by atoms with van der Waals surface area (Å²) in [5, 5.41) is 9.71. The summed E-state index contributed by atoms with van der Waals surface area (Å²) in [5.41, 5.74) is 5.16. The minimum atomic E-state index is -0.440. The Labute approximate surface area is 184 Å². The number of hydrogen-bond acceptors (Lipinski definition) is 6. The summed E-state index contributed by atoms with van der Waals surface area (Å²) >= 11 is 0. The van der Waals surface area contributed by atoms with Crippen LogP contribution in [0.4, 0.5) is 21.9 Å². The molecule has 0 aliphatic heterocycles. The molecule has 0 spiro atoms. The maximum atomic E-state index is 12.2. The van der Waals surface area contributed by atoms with Gasteiger partial charge in [-0.05, 0) is 54.4 Å². The summed E-state index contributed by atoms with van der Waals surface area (Å²) < 4.78 is 4.74. The molecule has 4 aromatic rings. The van der Waals surface area contributed by atoms with Crippen LogP contribution in [-0.2, 0) is 11.3 Å². The Morgan fingerprint density at radius 2 is 1.88 bits per heavy atom. The van der Waals surface area contributed by atoms with Crippen LogP contribution < -0.4 is 16.0 Å². The SMILES string of the molecule is COC(=O)c1cc2cc(NCc3cc(NC(=O)Nc4cccnc4)ccc3C)cnc2[nH]1. The monoisotopic (exact) mass is 430 g/mol. The van der Waals surface area contributed by atoms with E-state index in [1.807, 2.05) is 31.2 Å². The Morgan fingerprint density at radius 3 is 2.66 bits per heavy atom. The highest BCUT2D eigenvalue weighted by atomic mass is 16.5. The summed E-state index contributed by atoms with van der Waals surface area (Å²) in [5.74, 6) is -0.440. The number of benzene rings is 1. The molecular weight excluding hydrogens is 408 g/mol. The summed E-state index contributed by atoms with van der Waals surface area (Å²) in [6, 6.07) is 12.5. The summed E-state index contributed by atoms with van der Waals surface area (Å²) in [7, 11) is 1.34. The highest BCUT2D eigenvalue weighted by Crippen LogP contribution is 2.21. The van der Waals surface area contributed by atoms with E-state index in [4.69, 9.17) is 4.74 Å². The molecule has 1 aromatic carbocycles. The average Bonchev–Trinajstić information content (AvgIpc) is 3.23. The van der Waals surface area contributed by atoms with Crippen molar-refractivity contribution in [2.24, 2.45) is 0 Å². The van der Waals surface area contributed by atoms with Crippen LogP contribution in [0.25, 0.3) is 11.0 Å². The third kappa shape index (κ3) is 4.84. The van der Waals surface area contributed by atoms with Crippen molar-refractivity contribution in [1.29, 1.82) is 0 Å². The second-order valence-corrected chi connectivity index (χ2v) is 7.15. The maximum Gasteiger partial charge on any atom is 0.354 e. The molecule has 0 saturated carbocycles. The Hall–Kier alpha value is -4.40. The number of anilines is 3. The van der Waals surface area contributed by atoms with Crippen LogP contribution >= 0.6 is 0 Å². The largest absolute Gasteiger partial charge is 0.464 e. The zero-order chi connectivity index (χ0) is 22.5.